The summed E-state index contributed by atoms with van der Waals surface area (Å²) in [6, 6.07) is 0. The molecule has 0 amide bonds. The second-order valence-electron chi connectivity index (χ2n) is 7.27. The molecule has 4 nitrogen and oxygen atoms in total. The standard InChI is InChI=1S/C16H24O4/c1-5-11(17)10-8-12-14(2,3)13(18)15(10,4)9-16(12)19-6-7-20-16/h5,10-12,17H,1,6-9H2,2-4H3/t10-,11?,12+,15-/m0/s1. The third-order valence-corrected chi connectivity index (χ3v) is 5.86. The predicted molar refractivity (Wildman–Crippen MR) is 73.9 cm³/mol. The molecule has 0 aromatic heterocycles. The van der Waals surface area contributed by atoms with Gasteiger partial charge in [0.2, 0.25) is 0 Å². The molecule has 0 aromatic rings. The first-order valence-corrected chi connectivity index (χ1v) is 7.41. The van der Waals surface area contributed by atoms with Crippen molar-refractivity contribution in [3.05, 3.63) is 12.7 Å². The third kappa shape index (κ3) is 1.56. The molecule has 4 rings (SSSR count). The van der Waals surface area contributed by atoms with Gasteiger partial charge in [-0.3, -0.25) is 4.79 Å². The fourth-order valence-corrected chi connectivity index (χ4v) is 4.90. The van der Waals surface area contributed by atoms with Crippen LogP contribution in [0.4, 0.5) is 0 Å². The Hall–Kier alpha value is -0.710. The van der Waals surface area contributed by atoms with E-state index in [9.17, 15) is 9.90 Å². The summed E-state index contributed by atoms with van der Waals surface area (Å²) in [5.41, 5.74) is -1.09. The number of carbonyl (C=O) groups is 1. The average Bonchev–Trinajstić information content (AvgIpc) is 2.83. The van der Waals surface area contributed by atoms with Crippen molar-refractivity contribution in [2.45, 2.75) is 45.5 Å². The van der Waals surface area contributed by atoms with Crippen molar-refractivity contribution in [2.75, 3.05) is 13.2 Å². The molecule has 20 heavy (non-hydrogen) atoms. The SMILES string of the molecule is C=CC(O)[C@@H]1C[C@H]2C3(C[C@]1(C)C(=O)C2(C)C)OCCO3. The van der Waals surface area contributed by atoms with Gasteiger partial charge in [-0.1, -0.05) is 26.8 Å². The molecular weight excluding hydrogens is 256 g/mol. The highest BCUT2D eigenvalue weighted by atomic mass is 16.7. The van der Waals surface area contributed by atoms with Crippen LogP contribution in [0.3, 0.4) is 0 Å². The lowest BCUT2D eigenvalue weighted by Crippen LogP contribution is -2.69. The van der Waals surface area contributed by atoms with E-state index in [1.54, 1.807) is 6.08 Å². The van der Waals surface area contributed by atoms with Crippen LogP contribution in [0.15, 0.2) is 12.7 Å². The van der Waals surface area contributed by atoms with Crippen LogP contribution in [0.1, 0.15) is 33.6 Å². The second kappa shape index (κ2) is 4.15. The summed E-state index contributed by atoms with van der Waals surface area (Å²) < 4.78 is 11.9. The first kappa shape index (κ1) is 14.2. The van der Waals surface area contributed by atoms with Gasteiger partial charge in [0.05, 0.1) is 19.3 Å². The van der Waals surface area contributed by atoms with Crippen LogP contribution in [-0.2, 0) is 14.3 Å². The number of aliphatic hydroxyl groups is 1. The lowest BCUT2D eigenvalue weighted by Gasteiger charge is -2.62. The number of aliphatic hydroxyl groups excluding tert-OH is 1. The van der Waals surface area contributed by atoms with Crippen LogP contribution in [0.25, 0.3) is 0 Å². The third-order valence-electron chi connectivity index (χ3n) is 5.86. The highest BCUT2D eigenvalue weighted by Crippen LogP contribution is 2.65. The van der Waals surface area contributed by atoms with Gasteiger partial charge >= 0.3 is 0 Å². The van der Waals surface area contributed by atoms with Gasteiger partial charge in [-0.25, -0.2) is 0 Å². The zero-order chi connectivity index (χ0) is 14.8. The number of ether oxygens (including phenoxy) is 2. The quantitative estimate of drug-likeness (QED) is 0.785. The molecule has 4 atom stereocenters. The van der Waals surface area contributed by atoms with Gasteiger partial charge in [0, 0.05) is 29.1 Å². The van der Waals surface area contributed by atoms with Crippen molar-refractivity contribution in [3.63, 3.8) is 0 Å². The summed E-state index contributed by atoms with van der Waals surface area (Å²) in [7, 11) is 0. The summed E-state index contributed by atoms with van der Waals surface area (Å²) in [5, 5.41) is 10.2. The van der Waals surface area contributed by atoms with Gasteiger partial charge in [-0.2, -0.15) is 0 Å². The molecule has 1 spiro atoms. The van der Waals surface area contributed by atoms with Crippen LogP contribution in [0.5, 0.6) is 0 Å². The van der Waals surface area contributed by atoms with Crippen LogP contribution in [0.2, 0.25) is 0 Å². The van der Waals surface area contributed by atoms with Gasteiger partial charge in [0.15, 0.2) is 5.79 Å². The normalized spacial score (nSPS) is 42.9. The Morgan fingerprint density at radius 1 is 1.35 bits per heavy atom. The molecule has 1 saturated heterocycles. The molecule has 112 valence electrons. The number of fused-ring (bicyclic) bond motifs is 2. The highest BCUT2D eigenvalue weighted by Gasteiger charge is 2.70. The molecule has 2 bridgehead atoms. The summed E-state index contributed by atoms with van der Waals surface area (Å²) in [6.07, 6.45) is 2.17. The first-order valence-electron chi connectivity index (χ1n) is 7.41. The van der Waals surface area contributed by atoms with E-state index in [0.717, 1.165) is 6.42 Å². The monoisotopic (exact) mass is 280 g/mol. The maximum Gasteiger partial charge on any atom is 0.173 e. The average molecular weight is 280 g/mol. The fraction of sp³-hybridized carbons (Fsp3) is 0.812. The molecule has 4 fully saturated rings. The Morgan fingerprint density at radius 3 is 2.50 bits per heavy atom. The predicted octanol–water partition coefficient (Wildman–Crippen LogP) is 1.92. The van der Waals surface area contributed by atoms with Gasteiger partial charge in [-0.15, -0.1) is 6.58 Å². The largest absolute Gasteiger partial charge is 0.389 e. The smallest absolute Gasteiger partial charge is 0.173 e. The summed E-state index contributed by atoms with van der Waals surface area (Å²) in [6.45, 7) is 10.8. The molecule has 1 heterocycles. The van der Waals surface area contributed by atoms with Crippen molar-refractivity contribution in [1.82, 2.24) is 0 Å². The van der Waals surface area contributed by atoms with E-state index in [0.29, 0.717) is 19.6 Å². The van der Waals surface area contributed by atoms with E-state index < -0.39 is 22.7 Å². The molecular formula is C16H24O4. The lowest BCUT2D eigenvalue weighted by molar-refractivity contribution is -0.288. The van der Waals surface area contributed by atoms with E-state index in [2.05, 4.69) is 6.58 Å². The number of Topliss-reactive ketones (excluding diaryl/α,β-unsaturated/α-hetero) is 1. The van der Waals surface area contributed by atoms with Gasteiger partial charge < -0.3 is 14.6 Å². The van der Waals surface area contributed by atoms with Crippen LogP contribution in [0, 0.1) is 22.7 Å². The van der Waals surface area contributed by atoms with Crippen molar-refractivity contribution in [1.29, 1.82) is 0 Å². The van der Waals surface area contributed by atoms with Crippen molar-refractivity contribution < 1.29 is 19.4 Å². The van der Waals surface area contributed by atoms with E-state index in [1.807, 2.05) is 20.8 Å². The summed E-state index contributed by atoms with van der Waals surface area (Å²) >= 11 is 0. The lowest BCUT2D eigenvalue weighted by atomic mass is 9.44. The molecule has 0 radical (unpaired) electrons. The minimum Gasteiger partial charge on any atom is -0.389 e. The molecule has 4 aliphatic rings. The molecule has 3 saturated carbocycles. The Bertz CT molecular complexity index is 449. The van der Waals surface area contributed by atoms with Crippen molar-refractivity contribution >= 4 is 5.78 Å². The molecule has 1 unspecified atom stereocenters. The van der Waals surface area contributed by atoms with Crippen LogP contribution >= 0.6 is 0 Å². The number of carbonyl (C=O) groups excluding carboxylic acids is 1. The number of hydrogen-bond donors (Lipinski definition) is 1. The van der Waals surface area contributed by atoms with E-state index in [4.69, 9.17) is 9.47 Å². The van der Waals surface area contributed by atoms with Crippen molar-refractivity contribution in [2.24, 2.45) is 22.7 Å². The number of ketones is 1. The minimum atomic E-state index is -0.652. The topological polar surface area (TPSA) is 55.8 Å². The zero-order valence-corrected chi connectivity index (χ0v) is 12.5. The zero-order valence-electron chi connectivity index (χ0n) is 12.5. The Balaban J connectivity index is 2.06. The minimum absolute atomic E-state index is 0.00794. The number of rotatable bonds is 2. The molecule has 1 aliphatic heterocycles. The Kier molecular flexibility index (Phi) is 2.96. The van der Waals surface area contributed by atoms with E-state index >= 15 is 0 Å². The van der Waals surface area contributed by atoms with Gasteiger partial charge in [0.25, 0.3) is 0 Å². The van der Waals surface area contributed by atoms with Crippen LogP contribution < -0.4 is 0 Å². The molecule has 4 heteroatoms. The Morgan fingerprint density at radius 2 is 1.95 bits per heavy atom. The summed E-state index contributed by atoms with van der Waals surface area (Å²) in [5.74, 6) is -0.518. The maximum atomic E-state index is 12.9. The first-order chi connectivity index (χ1) is 9.28. The van der Waals surface area contributed by atoms with Gasteiger partial charge in [-0.05, 0) is 6.42 Å². The molecule has 1 N–H and O–H groups in total. The molecule has 3 aliphatic carbocycles. The van der Waals surface area contributed by atoms with E-state index in [1.165, 1.54) is 0 Å². The van der Waals surface area contributed by atoms with Crippen LogP contribution in [-0.4, -0.2) is 36.0 Å². The molecule has 0 aromatic carbocycles. The second-order valence-corrected chi connectivity index (χ2v) is 7.27. The fourth-order valence-electron chi connectivity index (χ4n) is 4.90. The van der Waals surface area contributed by atoms with E-state index in [-0.39, 0.29) is 17.6 Å². The summed E-state index contributed by atoms with van der Waals surface area (Å²) in [4.78, 5) is 12.9. The maximum absolute atomic E-state index is 12.9. The van der Waals surface area contributed by atoms with Gasteiger partial charge in [0.1, 0.15) is 5.78 Å². The highest BCUT2D eigenvalue weighted by molar-refractivity contribution is 5.92. The number of hydrogen-bond acceptors (Lipinski definition) is 4. The Labute approximate surface area is 120 Å². The van der Waals surface area contributed by atoms with Crippen molar-refractivity contribution in [3.8, 4) is 0 Å².